The van der Waals surface area contributed by atoms with Crippen molar-refractivity contribution in [3.05, 3.63) is 81.6 Å². The molecule has 3 heterocycles. The van der Waals surface area contributed by atoms with Gasteiger partial charge in [0.1, 0.15) is 11.5 Å². The molecule has 1 fully saturated rings. The van der Waals surface area contributed by atoms with Gasteiger partial charge in [0.15, 0.2) is 11.5 Å². The molecule has 0 radical (unpaired) electrons. The van der Waals surface area contributed by atoms with Crippen LogP contribution in [-0.4, -0.2) is 33.6 Å². The number of thiophene rings is 1. The van der Waals surface area contributed by atoms with Gasteiger partial charge in [-0.05, 0) is 47.3 Å². The maximum atomic E-state index is 13.0. The molecule has 156 valence electrons. The van der Waals surface area contributed by atoms with Crippen LogP contribution in [-0.2, 0) is 16.1 Å². The molecule has 2 aliphatic rings. The molecule has 2 aliphatic heterocycles. The largest absolute Gasteiger partial charge is 0.508 e. The van der Waals surface area contributed by atoms with E-state index in [4.69, 9.17) is 9.47 Å². The van der Waals surface area contributed by atoms with E-state index in [2.05, 4.69) is 0 Å². The number of nitrogens with zero attached hydrogens (tertiary/aromatic N) is 1. The van der Waals surface area contributed by atoms with Gasteiger partial charge in [0.05, 0.1) is 18.2 Å². The molecule has 0 spiro atoms. The van der Waals surface area contributed by atoms with E-state index in [1.54, 1.807) is 30.3 Å². The zero-order chi connectivity index (χ0) is 21.5. The highest BCUT2D eigenvalue weighted by atomic mass is 32.1. The Morgan fingerprint density at radius 2 is 1.84 bits per heavy atom. The summed E-state index contributed by atoms with van der Waals surface area (Å²) < 4.78 is 10.7. The van der Waals surface area contributed by atoms with Crippen molar-refractivity contribution in [2.45, 2.75) is 12.6 Å². The van der Waals surface area contributed by atoms with Gasteiger partial charge in [-0.1, -0.05) is 18.2 Å². The first kappa shape index (κ1) is 19.2. The lowest BCUT2D eigenvalue weighted by Crippen LogP contribution is -2.28. The average Bonchev–Trinajstić information content (AvgIpc) is 3.51. The highest BCUT2D eigenvalue weighted by Crippen LogP contribution is 2.42. The Kier molecular flexibility index (Phi) is 4.63. The predicted molar refractivity (Wildman–Crippen MR) is 113 cm³/mol. The zero-order valence-corrected chi connectivity index (χ0v) is 17.0. The molecular formula is C23H17NO6S. The topological polar surface area (TPSA) is 96.3 Å². The van der Waals surface area contributed by atoms with Crippen LogP contribution in [0.15, 0.2) is 65.6 Å². The molecule has 3 aromatic rings. The van der Waals surface area contributed by atoms with E-state index in [0.717, 1.165) is 4.88 Å². The molecular weight excluding hydrogens is 418 g/mol. The fourth-order valence-electron chi connectivity index (χ4n) is 3.82. The van der Waals surface area contributed by atoms with Gasteiger partial charge in [-0.2, -0.15) is 0 Å². The average molecular weight is 435 g/mol. The number of carbonyl (C=O) groups excluding carboxylic acids is 2. The summed E-state index contributed by atoms with van der Waals surface area (Å²) in [7, 11) is 0. The SMILES string of the molecule is O=C1C(=O)N(Cc2cccs2)C(c2ccc(O)cc2)/C1=C(\O)c1ccc2c(c1)OCO2. The molecule has 1 unspecified atom stereocenters. The molecule has 1 saturated heterocycles. The highest BCUT2D eigenvalue weighted by Gasteiger charge is 2.46. The van der Waals surface area contributed by atoms with Gasteiger partial charge in [-0.3, -0.25) is 9.59 Å². The molecule has 0 aliphatic carbocycles. The third kappa shape index (κ3) is 3.30. The number of phenols is 1. The molecule has 2 aromatic carbocycles. The van der Waals surface area contributed by atoms with Crippen LogP contribution < -0.4 is 9.47 Å². The van der Waals surface area contributed by atoms with E-state index in [1.165, 1.54) is 28.4 Å². The van der Waals surface area contributed by atoms with Crippen LogP contribution in [0.2, 0.25) is 0 Å². The fraction of sp³-hybridized carbons (Fsp3) is 0.130. The third-order valence-corrected chi connectivity index (χ3v) is 6.16. The summed E-state index contributed by atoms with van der Waals surface area (Å²) in [5, 5.41) is 22.7. The van der Waals surface area contributed by atoms with Crippen LogP contribution in [0.3, 0.4) is 0 Å². The summed E-state index contributed by atoms with van der Waals surface area (Å²) in [6.45, 7) is 0.309. The number of amides is 1. The number of aliphatic hydroxyl groups is 1. The number of aliphatic hydroxyl groups excluding tert-OH is 1. The number of fused-ring (bicyclic) bond motifs is 1. The van der Waals surface area contributed by atoms with Gasteiger partial charge in [0.25, 0.3) is 11.7 Å². The van der Waals surface area contributed by atoms with Crippen molar-refractivity contribution < 1.29 is 29.3 Å². The Hall–Kier alpha value is -3.78. The van der Waals surface area contributed by atoms with Gasteiger partial charge in [0.2, 0.25) is 6.79 Å². The van der Waals surface area contributed by atoms with Crippen LogP contribution in [0, 0.1) is 0 Å². The van der Waals surface area contributed by atoms with E-state index in [-0.39, 0.29) is 30.4 Å². The molecule has 31 heavy (non-hydrogen) atoms. The van der Waals surface area contributed by atoms with Gasteiger partial charge < -0.3 is 24.6 Å². The molecule has 2 N–H and O–H groups in total. The molecule has 0 bridgehead atoms. The van der Waals surface area contributed by atoms with Crippen LogP contribution in [0.25, 0.3) is 5.76 Å². The van der Waals surface area contributed by atoms with Gasteiger partial charge in [0, 0.05) is 10.4 Å². The number of phenolic OH excluding ortho intramolecular Hbond substituents is 1. The minimum atomic E-state index is -0.798. The lowest BCUT2D eigenvalue weighted by Gasteiger charge is -2.25. The summed E-state index contributed by atoms with van der Waals surface area (Å²) in [5.41, 5.74) is 0.948. The second kappa shape index (κ2) is 7.48. The molecule has 0 saturated carbocycles. The first-order chi connectivity index (χ1) is 15.0. The molecule has 8 heteroatoms. The maximum Gasteiger partial charge on any atom is 0.295 e. The lowest BCUT2D eigenvalue weighted by atomic mass is 9.95. The fourth-order valence-corrected chi connectivity index (χ4v) is 4.52. The summed E-state index contributed by atoms with van der Waals surface area (Å²) in [4.78, 5) is 28.3. The standard InChI is InChI=1S/C23H17NO6S/c25-15-6-3-13(4-7-15)20-19(21(26)14-5-8-17-18(10-14)30-12-29-17)22(27)23(28)24(20)11-16-2-1-9-31-16/h1-10,20,25-26H,11-12H2/b21-19+. The number of carbonyl (C=O) groups is 2. The Labute approximate surface area is 181 Å². The Bertz CT molecular complexity index is 1200. The number of hydrogen-bond donors (Lipinski definition) is 2. The number of hydrogen-bond acceptors (Lipinski definition) is 7. The maximum absolute atomic E-state index is 13.0. The molecule has 7 nitrogen and oxygen atoms in total. The van der Waals surface area contributed by atoms with Crippen LogP contribution >= 0.6 is 11.3 Å². The van der Waals surface area contributed by atoms with Crippen LogP contribution in [0.4, 0.5) is 0 Å². The van der Waals surface area contributed by atoms with Crippen molar-refractivity contribution in [3.63, 3.8) is 0 Å². The van der Waals surface area contributed by atoms with E-state index >= 15 is 0 Å². The zero-order valence-electron chi connectivity index (χ0n) is 16.1. The first-order valence-corrected chi connectivity index (χ1v) is 10.4. The number of benzene rings is 2. The molecule has 1 amide bonds. The molecule has 1 atom stereocenters. The normalized spacial score (nSPS) is 19.2. The highest BCUT2D eigenvalue weighted by molar-refractivity contribution is 7.09. The van der Waals surface area contributed by atoms with Crippen LogP contribution in [0.1, 0.15) is 22.0 Å². The second-order valence-corrected chi connectivity index (χ2v) is 8.20. The quantitative estimate of drug-likeness (QED) is 0.368. The summed E-state index contributed by atoms with van der Waals surface area (Å²) >= 11 is 1.48. The minimum absolute atomic E-state index is 0.00823. The predicted octanol–water partition coefficient (Wildman–Crippen LogP) is 3.80. The Morgan fingerprint density at radius 1 is 1.06 bits per heavy atom. The second-order valence-electron chi connectivity index (χ2n) is 7.17. The monoisotopic (exact) mass is 435 g/mol. The number of aromatic hydroxyl groups is 1. The van der Waals surface area contributed by atoms with E-state index in [1.807, 2.05) is 17.5 Å². The summed E-state index contributed by atoms with van der Waals surface area (Å²) in [6.07, 6.45) is 0. The Balaban J connectivity index is 1.64. The van der Waals surface area contributed by atoms with E-state index < -0.39 is 17.7 Å². The van der Waals surface area contributed by atoms with Crippen molar-refractivity contribution in [1.29, 1.82) is 0 Å². The smallest absolute Gasteiger partial charge is 0.295 e. The lowest BCUT2D eigenvalue weighted by molar-refractivity contribution is -0.140. The summed E-state index contributed by atoms with van der Waals surface area (Å²) in [5.74, 6) is -0.667. The summed E-state index contributed by atoms with van der Waals surface area (Å²) in [6, 6.07) is 14.1. The van der Waals surface area contributed by atoms with Crippen molar-refractivity contribution in [3.8, 4) is 17.2 Å². The van der Waals surface area contributed by atoms with Gasteiger partial charge >= 0.3 is 0 Å². The Morgan fingerprint density at radius 3 is 2.58 bits per heavy atom. The number of ether oxygens (including phenoxy) is 2. The van der Waals surface area contributed by atoms with Crippen molar-refractivity contribution in [1.82, 2.24) is 4.90 Å². The number of ketones is 1. The number of likely N-dealkylation sites (tertiary alicyclic amines) is 1. The number of rotatable bonds is 4. The van der Waals surface area contributed by atoms with Crippen molar-refractivity contribution in [2.24, 2.45) is 0 Å². The van der Waals surface area contributed by atoms with Crippen molar-refractivity contribution >= 4 is 28.8 Å². The first-order valence-electron chi connectivity index (χ1n) is 9.52. The molecule has 1 aromatic heterocycles. The van der Waals surface area contributed by atoms with E-state index in [0.29, 0.717) is 22.6 Å². The van der Waals surface area contributed by atoms with Gasteiger partial charge in [-0.25, -0.2) is 0 Å². The van der Waals surface area contributed by atoms with Crippen molar-refractivity contribution in [2.75, 3.05) is 6.79 Å². The molecule has 5 rings (SSSR count). The number of Topliss-reactive ketones (excluding diaryl/α,β-unsaturated/α-hetero) is 1. The van der Waals surface area contributed by atoms with Crippen LogP contribution in [0.5, 0.6) is 17.2 Å². The minimum Gasteiger partial charge on any atom is -0.508 e. The third-order valence-electron chi connectivity index (χ3n) is 5.30. The van der Waals surface area contributed by atoms with Gasteiger partial charge in [-0.15, -0.1) is 11.3 Å². The van der Waals surface area contributed by atoms with E-state index in [9.17, 15) is 19.8 Å².